The molecule has 1 N–H and O–H groups in total. The smallest absolute Gasteiger partial charge is 0.358 e. The Balaban J connectivity index is 1.62. The molecule has 0 spiro atoms. The second-order valence-electron chi connectivity index (χ2n) is 6.99. The Bertz CT molecular complexity index is 923. The summed E-state index contributed by atoms with van der Waals surface area (Å²) in [5.74, 6) is 0.434. The molecule has 0 atom stereocenters. The van der Waals surface area contributed by atoms with E-state index in [1.54, 1.807) is 24.3 Å². The lowest BCUT2D eigenvalue weighted by Crippen LogP contribution is -2.21. The van der Waals surface area contributed by atoms with Crippen LogP contribution in [0.25, 0.3) is 6.08 Å². The van der Waals surface area contributed by atoms with Gasteiger partial charge in [0, 0.05) is 11.5 Å². The number of anilines is 1. The minimum Gasteiger partial charge on any atom is -0.464 e. The topological polar surface area (TPSA) is 64.1 Å². The fraction of sp³-hybridized carbons (Fsp3) is 0.350. The van der Waals surface area contributed by atoms with Crippen LogP contribution in [0.3, 0.4) is 0 Å². The normalized spacial score (nSPS) is 17.7. The molecule has 0 unspecified atom stereocenters. The third-order valence-electron chi connectivity index (χ3n) is 4.83. The van der Waals surface area contributed by atoms with Crippen molar-refractivity contribution in [2.45, 2.75) is 37.1 Å². The van der Waals surface area contributed by atoms with Crippen molar-refractivity contribution in [3.8, 4) is 0 Å². The molecule has 140 valence electrons. The molecule has 27 heavy (non-hydrogen) atoms. The van der Waals surface area contributed by atoms with Crippen molar-refractivity contribution in [2.75, 3.05) is 12.4 Å². The molecule has 5 nitrogen and oxygen atoms in total. The van der Waals surface area contributed by atoms with Crippen LogP contribution in [-0.2, 0) is 4.74 Å². The molecule has 4 rings (SSSR count). The molecular weight excluding hydrogens is 369 g/mol. The predicted octanol–water partition coefficient (Wildman–Crippen LogP) is 4.59. The van der Waals surface area contributed by atoms with Crippen LogP contribution in [0, 0.1) is 5.82 Å². The average Bonchev–Trinajstić information content (AvgIpc) is 3.58. The van der Waals surface area contributed by atoms with E-state index in [9.17, 15) is 9.18 Å². The van der Waals surface area contributed by atoms with Crippen molar-refractivity contribution in [1.82, 2.24) is 9.97 Å². The molecule has 2 saturated carbocycles. The molecule has 1 aromatic heterocycles. The van der Waals surface area contributed by atoms with E-state index >= 15 is 0 Å². The van der Waals surface area contributed by atoms with E-state index in [0.717, 1.165) is 25.7 Å². The first kappa shape index (κ1) is 17.9. The molecule has 0 amide bonds. The highest BCUT2D eigenvalue weighted by atomic mass is 35.5. The van der Waals surface area contributed by atoms with Crippen LogP contribution in [0.4, 0.5) is 10.2 Å². The van der Waals surface area contributed by atoms with E-state index < -0.39 is 5.97 Å². The van der Waals surface area contributed by atoms with Crippen molar-refractivity contribution in [3.63, 3.8) is 0 Å². The maximum Gasteiger partial charge on any atom is 0.358 e. The van der Waals surface area contributed by atoms with Gasteiger partial charge >= 0.3 is 5.97 Å². The number of methoxy groups -OCH3 is 1. The van der Waals surface area contributed by atoms with Crippen LogP contribution in [-0.4, -0.2) is 28.6 Å². The molecule has 2 aliphatic rings. The zero-order valence-corrected chi connectivity index (χ0v) is 15.6. The van der Waals surface area contributed by atoms with Crippen molar-refractivity contribution in [3.05, 3.63) is 58.3 Å². The van der Waals surface area contributed by atoms with Gasteiger partial charge in [0.25, 0.3) is 0 Å². The van der Waals surface area contributed by atoms with Crippen LogP contribution in [0.15, 0.2) is 30.3 Å². The van der Waals surface area contributed by atoms with E-state index in [2.05, 4.69) is 15.3 Å². The fourth-order valence-corrected chi connectivity index (χ4v) is 3.08. The molecule has 2 fully saturated rings. The third kappa shape index (κ3) is 3.81. The maximum atomic E-state index is 13.8. The minimum absolute atomic E-state index is 0.0763. The van der Waals surface area contributed by atoms with Crippen LogP contribution >= 0.6 is 11.6 Å². The van der Waals surface area contributed by atoms with E-state index in [4.69, 9.17) is 16.3 Å². The number of halogens is 2. The van der Waals surface area contributed by atoms with Gasteiger partial charge in [0.15, 0.2) is 5.69 Å². The number of hydrogen-bond donors (Lipinski definition) is 1. The third-order valence-corrected chi connectivity index (χ3v) is 5.19. The Labute approximate surface area is 161 Å². The lowest BCUT2D eigenvalue weighted by molar-refractivity contribution is 0.0593. The van der Waals surface area contributed by atoms with Crippen LogP contribution < -0.4 is 5.32 Å². The van der Waals surface area contributed by atoms with Gasteiger partial charge in [-0.2, -0.15) is 0 Å². The van der Waals surface area contributed by atoms with Crippen LogP contribution in [0.1, 0.15) is 53.5 Å². The number of nitrogens with zero attached hydrogens (tertiary/aromatic N) is 2. The van der Waals surface area contributed by atoms with E-state index in [1.807, 2.05) is 6.08 Å². The van der Waals surface area contributed by atoms with Gasteiger partial charge in [-0.1, -0.05) is 42.0 Å². The summed E-state index contributed by atoms with van der Waals surface area (Å²) in [6.45, 7) is 0. The van der Waals surface area contributed by atoms with E-state index in [0.29, 0.717) is 17.2 Å². The van der Waals surface area contributed by atoms with Crippen molar-refractivity contribution in [2.24, 2.45) is 0 Å². The lowest BCUT2D eigenvalue weighted by atomic mass is 10.1. The maximum absolute atomic E-state index is 13.8. The van der Waals surface area contributed by atoms with Gasteiger partial charge in [0.05, 0.1) is 12.6 Å². The molecule has 1 heterocycles. The van der Waals surface area contributed by atoms with Gasteiger partial charge in [-0.25, -0.2) is 19.2 Å². The molecule has 7 heteroatoms. The Hall–Kier alpha value is -2.47. The van der Waals surface area contributed by atoms with Crippen molar-refractivity contribution >= 4 is 29.5 Å². The standard InChI is InChI=1S/C20H19ClFN3O2/c1-27-19(26)16-15(21)18(24-17(23-16)13-6-7-13)25-20(10-11-20)9-8-12-4-2-3-5-14(12)22/h2-5,8-9,13H,6-7,10-11H2,1H3,(H,23,24,25). The summed E-state index contributed by atoms with van der Waals surface area (Å²) in [6, 6.07) is 6.60. The minimum atomic E-state index is -0.584. The quantitative estimate of drug-likeness (QED) is 0.734. The fourth-order valence-electron chi connectivity index (χ4n) is 2.87. The highest BCUT2D eigenvalue weighted by molar-refractivity contribution is 6.35. The molecule has 0 aliphatic heterocycles. The van der Waals surface area contributed by atoms with Gasteiger partial charge in [-0.05, 0) is 31.7 Å². The zero-order valence-electron chi connectivity index (χ0n) is 14.8. The number of hydrogen-bond acceptors (Lipinski definition) is 5. The molecule has 2 aliphatic carbocycles. The Kier molecular flexibility index (Phi) is 4.60. The molecular formula is C20H19ClFN3O2. The van der Waals surface area contributed by atoms with Gasteiger partial charge in [0.2, 0.25) is 0 Å². The van der Waals surface area contributed by atoms with E-state index in [1.165, 1.54) is 13.2 Å². The number of carbonyl (C=O) groups is 1. The summed E-state index contributed by atoms with van der Waals surface area (Å²) in [4.78, 5) is 20.9. The first-order valence-corrected chi connectivity index (χ1v) is 9.27. The highest BCUT2D eigenvalue weighted by Crippen LogP contribution is 2.44. The Morgan fingerprint density at radius 1 is 1.33 bits per heavy atom. The number of carbonyl (C=O) groups excluding carboxylic acids is 1. The highest BCUT2D eigenvalue weighted by Gasteiger charge is 2.42. The summed E-state index contributed by atoms with van der Waals surface area (Å²) in [5, 5.41) is 3.48. The average molecular weight is 388 g/mol. The number of ether oxygens (including phenoxy) is 1. The first-order chi connectivity index (χ1) is 13.0. The Morgan fingerprint density at radius 3 is 2.70 bits per heavy atom. The molecule has 2 aromatic rings. The second-order valence-corrected chi connectivity index (χ2v) is 7.37. The summed E-state index contributed by atoms with van der Waals surface area (Å²) in [7, 11) is 1.30. The van der Waals surface area contributed by atoms with Gasteiger partial charge < -0.3 is 10.1 Å². The van der Waals surface area contributed by atoms with Crippen LogP contribution in [0.5, 0.6) is 0 Å². The van der Waals surface area contributed by atoms with Gasteiger partial charge in [-0.15, -0.1) is 0 Å². The van der Waals surface area contributed by atoms with Gasteiger partial charge in [-0.3, -0.25) is 0 Å². The predicted molar refractivity (Wildman–Crippen MR) is 101 cm³/mol. The molecule has 0 bridgehead atoms. The summed E-state index contributed by atoms with van der Waals surface area (Å²) in [5.41, 5.74) is 0.245. The molecule has 1 aromatic carbocycles. The number of esters is 1. The molecule has 0 saturated heterocycles. The second kappa shape index (κ2) is 6.93. The van der Waals surface area contributed by atoms with E-state index in [-0.39, 0.29) is 28.0 Å². The monoisotopic (exact) mass is 387 g/mol. The van der Waals surface area contributed by atoms with Crippen molar-refractivity contribution in [1.29, 1.82) is 0 Å². The first-order valence-electron chi connectivity index (χ1n) is 8.89. The Morgan fingerprint density at radius 2 is 2.07 bits per heavy atom. The zero-order chi connectivity index (χ0) is 19.0. The number of aromatic nitrogens is 2. The molecule has 0 radical (unpaired) electrons. The summed E-state index contributed by atoms with van der Waals surface area (Å²) in [6.07, 6.45) is 7.42. The summed E-state index contributed by atoms with van der Waals surface area (Å²) >= 11 is 6.38. The number of nitrogens with one attached hydrogen (secondary N) is 1. The SMILES string of the molecule is COC(=O)c1nc(C2CC2)nc(NC2(C=Cc3ccccc3F)CC2)c1Cl. The van der Waals surface area contributed by atoms with Crippen molar-refractivity contribution < 1.29 is 13.9 Å². The number of benzene rings is 1. The van der Waals surface area contributed by atoms with Crippen LogP contribution in [0.2, 0.25) is 5.02 Å². The van der Waals surface area contributed by atoms with Gasteiger partial charge in [0.1, 0.15) is 22.5 Å². The summed E-state index contributed by atoms with van der Waals surface area (Å²) < 4.78 is 18.6. The lowest BCUT2D eigenvalue weighted by Gasteiger charge is -2.17. The largest absolute Gasteiger partial charge is 0.464 e. The number of rotatable bonds is 6.